The summed E-state index contributed by atoms with van der Waals surface area (Å²) in [4.78, 5) is 28.8. The maximum absolute atomic E-state index is 12.6. The number of benzene rings is 1. The molecule has 0 radical (unpaired) electrons. The van der Waals surface area contributed by atoms with E-state index in [1.54, 1.807) is 41.8 Å². The summed E-state index contributed by atoms with van der Waals surface area (Å²) in [5.41, 5.74) is 1.72. The predicted octanol–water partition coefficient (Wildman–Crippen LogP) is 1.91. The van der Waals surface area contributed by atoms with Crippen molar-refractivity contribution in [2.45, 2.75) is 19.6 Å². The van der Waals surface area contributed by atoms with Gasteiger partial charge in [-0.1, -0.05) is 30.3 Å². The Morgan fingerprint density at radius 3 is 2.35 bits per heavy atom. The Bertz CT molecular complexity index is 749. The molecule has 2 heterocycles. The number of hydrogen-bond donors (Lipinski definition) is 0. The van der Waals surface area contributed by atoms with Crippen LogP contribution in [0.4, 0.5) is 0 Å². The Balaban J connectivity index is 1.48. The van der Waals surface area contributed by atoms with E-state index in [1.165, 1.54) is 5.56 Å². The zero-order chi connectivity index (χ0) is 18.5. The number of ether oxygens (including phenoxy) is 1. The summed E-state index contributed by atoms with van der Waals surface area (Å²) in [7, 11) is 1.77. The van der Waals surface area contributed by atoms with Gasteiger partial charge in [-0.3, -0.25) is 9.69 Å². The van der Waals surface area contributed by atoms with E-state index in [-0.39, 0.29) is 5.91 Å². The molecule has 1 atom stereocenters. The molecule has 1 aromatic heterocycles. The fraction of sp³-hybridized carbons (Fsp3) is 0.400. The molecule has 0 aliphatic carbocycles. The van der Waals surface area contributed by atoms with Gasteiger partial charge >= 0.3 is 5.97 Å². The molecule has 1 fully saturated rings. The second-order valence-corrected chi connectivity index (χ2v) is 6.64. The van der Waals surface area contributed by atoms with Gasteiger partial charge in [-0.05, 0) is 24.6 Å². The quantitative estimate of drug-likeness (QED) is 0.769. The summed E-state index contributed by atoms with van der Waals surface area (Å²) in [6.45, 7) is 5.47. The third-order valence-electron chi connectivity index (χ3n) is 4.72. The largest absolute Gasteiger partial charge is 0.448 e. The Labute approximate surface area is 154 Å². The van der Waals surface area contributed by atoms with Crippen LogP contribution in [0.5, 0.6) is 0 Å². The number of aromatic nitrogens is 1. The normalized spacial score (nSPS) is 16.3. The molecule has 0 saturated carbocycles. The number of rotatable bonds is 5. The van der Waals surface area contributed by atoms with E-state index in [0.29, 0.717) is 18.8 Å². The van der Waals surface area contributed by atoms with Crippen LogP contribution in [0.25, 0.3) is 0 Å². The molecule has 0 bridgehead atoms. The second kappa shape index (κ2) is 8.19. The molecular weight excluding hydrogens is 330 g/mol. The van der Waals surface area contributed by atoms with E-state index in [2.05, 4.69) is 17.0 Å². The van der Waals surface area contributed by atoms with E-state index in [1.807, 2.05) is 18.2 Å². The molecule has 0 spiro atoms. The molecule has 26 heavy (non-hydrogen) atoms. The molecule has 1 amide bonds. The van der Waals surface area contributed by atoms with Gasteiger partial charge in [-0.15, -0.1) is 0 Å². The first kappa shape index (κ1) is 18.2. The van der Waals surface area contributed by atoms with Gasteiger partial charge in [-0.25, -0.2) is 4.79 Å². The molecule has 6 heteroatoms. The minimum absolute atomic E-state index is 0.132. The van der Waals surface area contributed by atoms with Gasteiger partial charge in [0.2, 0.25) is 0 Å². The van der Waals surface area contributed by atoms with Crippen LogP contribution >= 0.6 is 0 Å². The molecule has 0 unspecified atom stereocenters. The first-order valence-corrected chi connectivity index (χ1v) is 8.92. The molecule has 6 nitrogen and oxygen atoms in total. The van der Waals surface area contributed by atoms with E-state index in [9.17, 15) is 9.59 Å². The minimum Gasteiger partial charge on any atom is -0.448 e. The fourth-order valence-electron chi connectivity index (χ4n) is 3.17. The summed E-state index contributed by atoms with van der Waals surface area (Å²) in [6, 6.07) is 13.8. The topological polar surface area (TPSA) is 54.8 Å². The summed E-state index contributed by atoms with van der Waals surface area (Å²) in [5.74, 6) is -0.604. The van der Waals surface area contributed by atoms with E-state index >= 15 is 0 Å². The van der Waals surface area contributed by atoms with Crippen LogP contribution in [0.3, 0.4) is 0 Å². The van der Waals surface area contributed by atoms with Crippen molar-refractivity contribution in [2.24, 2.45) is 7.05 Å². The van der Waals surface area contributed by atoms with Crippen molar-refractivity contribution in [1.29, 1.82) is 0 Å². The van der Waals surface area contributed by atoms with Crippen LogP contribution < -0.4 is 0 Å². The van der Waals surface area contributed by atoms with Gasteiger partial charge in [0.1, 0.15) is 5.69 Å². The maximum Gasteiger partial charge on any atom is 0.355 e. The van der Waals surface area contributed by atoms with Crippen molar-refractivity contribution >= 4 is 11.9 Å². The van der Waals surface area contributed by atoms with Gasteiger partial charge in [0.05, 0.1) is 0 Å². The molecule has 1 saturated heterocycles. The fourth-order valence-corrected chi connectivity index (χ4v) is 3.17. The van der Waals surface area contributed by atoms with Gasteiger partial charge in [0.15, 0.2) is 6.10 Å². The molecule has 138 valence electrons. The highest BCUT2D eigenvalue weighted by Gasteiger charge is 2.27. The standard InChI is InChI=1S/C20H25N3O3/c1-16(26-20(25)18-9-6-10-21(18)2)19(24)23-13-11-22(12-14-23)15-17-7-4-3-5-8-17/h3-10,16H,11-15H2,1-2H3/t16-/m1/s1. The monoisotopic (exact) mass is 355 g/mol. The Hall–Kier alpha value is -2.60. The average molecular weight is 355 g/mol. The lowest BCUT2D eigenvalue weighted by Gasteiger charge is -2.35. The highest BCUT2D eigenvalue weighted by Crippen LogP contribution is 2.11. The van der Waals surface area contributed by atoms with Gasteiger partial charge in [0, 0.05) is 46.0 Å². The van der Waals surface area contributed by atoms with Crippen LogP contribution in [0.2, 0.25) is 0 Å². The maximum atomic E-state index is 12.6. The van der Waals surface area contributed by atoms with Gasteiger partial charge in [-0.2, -0.15) is 0 Å². The summed E-state index contributed by atoms with van der Waals surface area (Å²) in [5, 5.41) is 0. The zero-order valence-electron chi connectivity index (χ0n) is 15.3. The number of aryl methyl sites for hydroxylation is 1. The third-order valence-corrected chi connectivity index (χ3v) is 4.72. The molecule has 0 N–H and O–H groups in total. The van der Waals surface area contributed by atoms with Gasteiger partial charge in [0.25, 0.3) is 5.91 Å². The van der Waals surface area contributed by atoms with Crippen molar-refractivity contribution < 1.29 is 14.3 Å². The molecule has 1 aliphatic rings. The van der Waals surface area contributed by atoms with Crippen LogP contribution in [-0.2, 0) is 23.1 Å². The molecule has 3 rings (SSSR count). The molecule has 1 aliphatic heterocycles. The summed E-state index contributed by atoms with van der Waals surface area (Å²) >= 11 is 0. The Morgan fingerprint density at radius 1 is 1.04 bits per heavy atom. The van der Waals surface area contributed by atoms with E-state index in [4.69, 9.17) is 4.74 Å². The number of nitrogens with zero attached hydrogens (tertiary/aromatic N) is 3. The second-order valence-electron chi connectivity index (χ2n) is 6.64. The van der Waals surface area contributed by atoms with Gasteiger partial charge < -0.3 is 14.2 Å². The lowest BCUT2D eigenvalue weighted by atomic mass is 10.2. The average Bonchev–Trinajstić information content (AvgIpc) is 3.08. The molecule has 1 aromatic carbocycles. The van der Waals surface area contributed by atoms with Crippen molar-refractivity contribution in [3.8, 4) is 0 Å². The van der Waals surface area contributed by atoms with E-state index in [0.717, 1.165) is 19.6 Å². The highest BCUT2D eigenvalue weighted by atomic mass is 16.5. The number of carbonyl (C=O) groups excluding carboxylic acids is 2. The van der Waals surface area contributed by atoms with Crippen molar-refractivity contribution in [3.63, 3.8) is 0 Å². The lowest BCUT2D eigenvalue weighted by Crippen LogP contribution is -2.51. The summed E-state index contributed by atoms with van der Waals surface area (Å²) in [6.07, 6.45) is 0.993. The van der Waals surface area contributed by atoms with Crippen molar-refractivity contribution in [1.82, 2.24) is 14.4 Å². The smallest absolute Gasteiger partial charge is 0.355 e. The SMILES string of the molecule is C[C@@H](OC(=O)c1cccn1C)C(=O)N1CCN(Cc2ccccc2)CC1. The third kappa shape index (κ3) is 4.32. The first-order chi connectivity index (χ1) is 12.5. The lowest BCUT2D eigenvalue weighted by molar-refractivity contribution is -0.141. The minimum atomic E-state index is -0.780. The summed E-state index contributed by atoms with van der Waals surface area (Å²) < 4.78 is 7.03. The number of piperazine rings is 1. The predicted molar refractivity (Wildman–Crippen MR) is 98.6 cm³/mol. The van der Waals surface area contributed by atoms with Crippen molar-refractivity contribution in [3.05, 3.63) is 59.9 Å². The molecular formula is C20H25N3O3. The van der Waals surface area contributed by atoms with Crippen LogP contribution in [0.15, 0.2) is 48.7 Å². The highest BCUT2D eigenvalue weighted by molar-refractivity contribution is 5.91. The zero-order valence-corrected chi connectivity index (χ0v) is 15.3. The number of hydrogen-bond acceptors (Lipinski definition) is 4. The van der Waals surface area contributed by atoms with Crippen LogP contribution in [0.1, 0.15) is 23.0 Å². The Kier molecular flexibility index (Phi) is 5.73. The molecule has 2 aromatic rings. The van der Waals surface area contributed by atoms with E-state index < -0.39 is 12.1 Å². The van der Waals surface area contributed by atoms with Crippen LogP contribution in [-0.4, -0.2) is 58.5 Å². The number of carbonyl (C=O) groups is 2. The number of esters is 1. The number of amides is 1. The van der Waals surface area contributed by atoms with Crippen molar-refractivity contribution in [2.75, 3.05) is 26.2 Å². The van der Waals surface area contributed by atoms with Crippen LogP contribution in [0, 0.1) is 0 Å². The Morgan fingerprint density at radius 2 is 1.73 bits per heavy atom. The first-order valence-electron chi connectivity index (χ1n) is 8.92.